The summed E-state index contributed by atoms with van der Waals surface area (Å²) in [7, 11) is 0. The molecule has 1 aliphatic carbocycles. The molecule has 2 amide bonds. The highest BCUT2D eigenvalue weighted by Gasteiger charge is 2.23. The normalized spacial score (nSPS) is 14.9. The SMILES string of the molecule is O=C(Nc1cccc(SC(C(=O)Nc2ccc(Cl)cc2)c2ccccc2)c1)C1CCCCC1. The van der Waals surface area contributed by atoms with Crippen LogP contribution in [0.3, 0.4) is 0 Å². The Morgan fingerprint density at radius 1 is 0.818 bits per heavy atom. The summed E-state index contributed by atoms with van der Waals surface area (Å²) in [4.78, 5) is 26.8. The average molecular weight is 479 g/mol. The van der Waals surface area contributed by atoms with Crippen LogP contribution >= 0.6 is 23.4 Å². The number of halogens is 1. The average Bonchev–Trinajstić information content (AvgIpc) is 2.85. The second kappa shape index (κ2) is 11.4. The third-order valence-corrected chi connectivity index (χ3v) is 7.28. The highest BCUT2D eigenvalue weighted by molar-refractivity contribution is 8.00. The number of carbonyl (C=O) groups is 2. The first-order valence-corrected chi connectivity index (χ1v) is 12.5. The van der Waals surface area contributed by atoms with Crippen molar-refractivity contribution in [2.45, 2.75) is 42.2 Å². The second-order valence-corrected chi connectivity index (χ2v) is 9.87. The van der Waals surface area contributed by atoms with Crippen molar-refractivity contribution in [2.75, 3.05) is 10.6 Å². The Morgan fingerprint density at radius 2 is 1.55 bits per heavy atom. The molecule has 4 rings (SSSR count). The van der Waals surface area contributed by atoms with Crippen molar-refractivity contribution in [1.82, 2.24) is 0 Å². The molecule has 4 nitrogen and oxygen atoms in total. The number of thioether (sulfide) groups is 1. The predicted molar refractivity (Wildman–Crippen MR) is 137 cm³/mol. The summed E-state index contributed by atoms with van der Waals surface area (Å²) >= 11 is 7.43. The molecule has 2 N–H and O–H groups in total. The molecule has 3 aromatic carbocycles. The molecule has 0 saturated heterocycles. The van der Waals surface area contributed by atoms with Gasteiger partial charge in [0.05, 0.1) is 0 Å². The van der Waals surface area contributed by atoms with Gasteiger partial charge in [-0.25, -0.2) is 0 Å². The van der Waals surface area contributed by atoms with Crippen molar-refractivity contribution >= 4 is 46.6 Å². The minimum Gasteiger partial charge on any atom is -0.326 e. The van der Waals surface area contributed by atoms with Gasteiger partial charge in [0.1, 0.15) is 5.25 Å². The summed E-state index contributed by atoms with van der Waals surface area (Å²) in [6.07, 6.45) is 5.38. The lowest BCUT2D eigenvalue weighted by Gasteiger charge is -2.21. The van der Waals surface area contributed by atoms with E-state index in [2.05, 4.69) is 10.6 Å². The van der Waals surface area contributed by atoms with Crippen LogP contribution in [0.5, 0.6) is 0 Å². The van der Waals surface area contributed by atoms with Crippen LogP contribution in [-0.4, -0.2) is 11.8 Å². The molecule has 1 fully saturated rings. The third-order valence-electron chi connectivity index (χ3n) is 5.78. The summed E-state index contributed by atoms with van der Waals surface area (Å²) < 4.78 is 0. The molecule has 0 aliphatic heterocycles. The van der Waals surface area contributed by atoms with Gasteiger partial charge in [-0.1, -0.05) is 67.3 Å². The molecule has 0 bridgehead atoms. The predicted octanol–water partition coefficient (Wildman–Crippen LogP) is 7.33. The van der Waals surface area contributed by atoms with Gasteiger partial charge >= 0.3 is 0 Å². The van der Waals surface area contributed by atoms with Crippen LogP contribution < -0.4 is 10.6 Å². The zero-order valence-electron chi connectivity index (χ0n) is 18.3. The van der Waals surface area contributed by atoms with E-state index in [1.54, 1.807) is 24.3 Å². The Morgan fingerprint density at radius 3 is 2.27 bits per heavy atom. The summed E-state index contributed by atoms with van der Waals surface area (Å²) in [5.41, 5.74) is 2.37. The lowest BCUT2D eigenvalue weighted by Crippen LogP contribution is -2.24. The molecule has 0 aromatic heterocycles. The fourth-order valence-corrected chi connectivity index (χ4v) is 5.24. The Hall–Kier alpha value is -2.76. The Bertz CT molecular complexity index is 1080. The first kappa shape index (κ1) is 23.4. The molecule has 1 atom stereocenters. The molecule has 6 heteroatoms. The van der Waals surface area contributed by atoms with Gasteiger partial charge in [-0.15, -0.1) is 11.8 Å². The lowest BCUT2D eigenvalue weighted by molar-refractivity contribution is -0.120. The Kier molecular flexibility index (Phi) is 8.08. The minimum absolute atomic E-state index is 0.0944. The van der Waals surface area contributed by atoms with Crippen LogP contribution in [0.15, 0.2) is 83.8 Å². The summed E-state index contributed by atoms with van der Waals surface area (Å²) in [5.74, 6) is 0.0689. The number of carbonyl (C=O) groups excluding carboxylic acids is 2. The second-order valence-electron chi connectivity index (χ2n) is 8.26. The zero-order valence-corrected chi connectivity index (χ0v) is 19.9. The van der Waals surface area contributed by atoms with E-state index < -0.39 is 5.25 Å². The molecular formula is C27H27ClN2O2S. The van der Waals surface area contributed by atoms with E-state index >= 15 is 0 Å². The number of hydrogen-bond acceptors (Lipinski definition) is 3. The van der Waals surface area contributed by atoms with Crippen LogP contribution in [0.1, 0.15) is 42.9 Å². The van der Waals surface area contributed by atoms with Gasteiger partial charge in [-0.05, 0) is 60.9 Å². The van der Waals surface area contributed by atoms with Crippen LogP contribution in [0.2, 0.25) is 5.02 Å². The summed E-state index contributed by atoms with van der Waals surface area (Å²) in [6.45, 7) is 0. The molecule has 1 saturated carbocycles. The van der Waals surface area contributed by atoms with E-state index in [0.717, 1.165) is 41.8 Å². The molecule has 170 valence electrons. The number of amides is 2. The van der Waals surface area contributed by atoms with Crippen molar-refractivity contribution < 1.29 is 9.59 Å². The van der Waals surface area contributed by atoms with Crippen molar-refractivity contribution in [3.8, 4) is 0 Å². The number of benzene rings is 3. The van der Waals surface area contributed by atoms with Crippen molar-refractivity contribution in [2.24, 2.45) is 5.92 Å². The maximum atomic E-state index is 13.2. The molecule has 1 unspecified atom stereocenters. The number of anilines is 2. The largest absolute Gasteiger partial charge is 0.326 e. The molecule has 0 heterocycles. The van der Waals surface area contributed by atoms with Gasteiger partial charge in [0, 0.05) is 27.2 Å². The Balaban J connectivity index is 1.50. The van der Waals surface area contributed by atoms with E-state index in [1.165, 1.54) is 18.2 Å². The maximum Gasteiger partial charge on any atom is 0.242 e. The van der Waals surface area contributed by atoms with E-state index in [-0.39, 0.29) is 17.7 Å². The monoisotopic (exact) mass is 478 g/mol. The van der Waals surface area contributed by atoms with Crippen molar-refractivity contribution in [3.05, 3.63) is 89.4 Å². The molecule has 0 radical (unpaired) electrons. The van der Waals surface area contributed by atoms with E-state index in [0.29, 0.717) is 10.7 Å². The van der Waals surface area contributed by atoms with Gasteiger partial charge in [-0.3, -0.25) is 9.59 Å². The molecule has 0 spiro atoms. The van der Waals surface area contributed by atoms with Crippen molar-refractivity contribution in [1.29, 1.82) is 0 Å². The summed E-state index contributed by atoms with van der Waals surface area (Å²) in [6, 6.07) is 24.5. The molecular weight excluding hydrogens is 452 g/mol. The number of hydrogen-bond donors (Lipinski definition) is 2. The molecule has 3 aromatic rings. The highest BCUT2D eigenvalue weighted by atomic mass is 35.5. The number of rotatable bonds is 7. The fourth-order valence-electron chi connectivity index (χ4n) is 4.03. The van der Waals surface area contributed by atoms with Crippen LogP contribution in [-0.2, 0) is 9.59 Å². The van der Waals surface area contributed by atoms with Crippen molar-refractivity contribution in [3.63, 3.8) is 0 Å². The fraction of sp³-hybridized carbons (Fsp3) is 0.259. The van der Waals surface area contributed by atoms with Crippen LogP contribution in [0, 0.1) is 5.92 Å². The molecule has 33 heavy (non-hydrogen) atoms. The smallest absolute Gasteiger partial charge is 0.242 e. The molecule has 1 aliphatic rings. The van der Waals surface area contributed by atoms with Gasteiger partial charge in [0.15, 0.2) is 0 Å². The van der Waals surface area contributed by atoms with E-state index in [9.17, 15) is 9.59 Å². The number of nitrogens with one attached hydrogen (secondary N) is 2. The van der Waals surface area contributed by atoms with Gasteiger partial charge in [0.25, 0.3) is 0 Å². The Labute approximate surface area is 204 Å². The highest BCUT2D eigenvalue weighted by Crippen LogP contribution is 2.37. The topological polar surface area (TPSA) is 58.2 Å². The summed E-state index contributed by atoms with van der Waals surface area (Å²) in [5, 5.41) is 6.23. The third kappa shape index (κ3) is 6.62. The van der Waals surface area contributed by atoms with Gasteiger partial charge in [-0.2, -0.15) is 0 Å². The lowest BCUT2D eigenvalue weighted by atomic mass is 9.88. The van der Waals surface area contributed by atoms with E-state index in [4.69, 9.17) is 11.6 Å². The van der Waals surface area contributed by atoms with Crippen LogP contribution in [0.4, 0.5) is 11.4 Å². The standard InChI is InChI=1S/C27H27ClN2O2S/c28-21-14-16-22(17-15-21)29-27(32)25(19-8-3-1-4-9-19)33-24-13-7-12-23(18-24)30-26(31)20-10-5-2-6-11-20/h1,3-4,7-9,12-18,20,25H,2,5-6,10-11H2,(H,29,32)(H,30,31). The maximum absolute atomic E-state index is 13.2. The van der Waals surface area contributed by atoms with E-state index in [1.807, 2.05) is 54.6 Å². The van der Waals surface area contributed by atoms with Gasteiger partial charge < -0.3 is 10.6 Å². The van der Waals surface area contributed by atoms with Gasteiger partial charge in [0.2, 0.25) is 11.8 Å². The van der Waals surface area contributed by atoms with Crippen LogP contribution in [0.25, 0.3) is 0 Å². The quantitative estimate of drug-likeness (QED) is 0.349. The minimum atomic E-state index is -0.453. The first-order chi connectivity index (χ1) is 16.1. The zero-order chi connectivity index (χ0) is 23.0. The first-order valence-electron chi connectivity index (χ1n) is 11.3.